The molecule has 29 heavy (non-hydrogen) atoms. The van der Waals surface area contributed by atoms with Crippen molar-refractivity contribution < 1.29 is 4.79 Å². The van der Waals surface area contributed by atoms with Crippen molar-refractivity contribution in [2.24, 2.45) is 0 Å². The first-order chi connectivity index (χ1) is 14.0. The average molecular weight is 525 g/mol. The lowest BCUT2D eigenvalue weighted by Crippen LogP contribution is -2.13. The summed E-state index contributed by atoms with van der Waals surface area (Å²) in [6.45, 7) is 0. The molecule has 0 unspecified atom stereocenters. The number of nitrogens with one attached hydrogen (secondary N) is 1. The third kappa shape index (κ3) is 5.70. The van der Waals surface area contributed by atoms with Crippen LogP contribution in [-0.2, 0) is 10.5 Å². The van der Waals surface area contributed by atoms with E-state index in [9.17, 15) is 4.79 Å². The molecule has 148 valence electrons. The van der Waals surface area contributed by atoms with E-state index in [0.717, 1.165) is 29.1 Å². The number of halogens is 1. The third-order valence-corrected chi connectivity index (χ3v) is 8.32. The Bertz CT molecular complexity index is 1160. The first kappa shape index (κ1) is 20.6. The molecule has 0 spiro atoms. The van der Waals surface area contributed by atoms with E-state index in [2.05, 4.69) is 48.6 Å². The molecule has 0 saturated heterocycles. The fourth-order valence-electron chi connectivity index (χ4n) is 2.35. The Balaban J connectivity index is 1.28. The van der Waals surface area contributed by atoms with Crippen molar-refractivity contribution in [2.45, 2.75) is 14.4 Å². The fourth-order valence-corrected chi connectivity index (χ4v) is 6.43. The molecule has 0 saturated carbocycles. The van der Waals surface area contributed by atoms with Crippen LogP contribution in [-0.4, -0.2) is 26.8 Å². The van der Waals surface area contributed by atoms with Crippen molar-refractivity contribution >= 4 is 89.1 Å². The van der Waals surface area contributed by atoms with E-state index in [1.807, 2.05) is 30.3 Å². The van der Waals surface area contributed by atoms with E-state index in [-0.39, 0.29) is 11.7 Å². The molecule has 2 aromatic carbocycles. The molecule has 2 heterocycles. The molecule has 0 aliphatic carbocycles. The van der Waals surface area contributed by atoms with Gasteiger partial charge < -0.3 is 5.73 Å². The second-order valence-electron chi connectivity index (χ2n) is 5.84. The summed E-state index contributed by atoms with van der Waals surface area (Å²) >= 11 is 9.36. The highest BCUT2D eigenvalue weighted by molar-refractivity contribution is 9.10. The molecule has 0 aliphatic rings. The van der Waals surface area contributed by atoms with Gasteiger partial charge in [-0.2, -0.15) is 0 Å². The number of fused-ring (bicyclic) bond motifs is 1. The van der Waals surface area contributed by atoms with Gasteiger partial charge in [0.05, 0.1) is 16.0 Å². The van der Waals surface area contributed by atoms with Gasteiger partial charge in [0.2, 0.25) is 11.0 Å². The molecule has 0 radical (unpaired) electrons. The van der Waals surface area contributed by atoms with Crippen LogP contribution in [0.15, 0.2) is 55.6 Å². The molecule has 6 nitrogen and oxygen atoms in total. The van der Waals surface area contributed by atoms with E-state index in [4.69, 9.17) is 5.73 Å². The molecule has 0 atom stereocenters. The Labute approximate surface area is 191 Å². The summed E-state index contributed by atoms with van der Waals surface area (Å²) in [4.78, 5) is 16.7. The summed E-state index contributed by atoms with van der Waals surface area (Å²) in [7, 11) is 0. The normalized spacial score (nSPS) is 11.1. The van der Waals surface area contributed by atoms with Crippen molar-refractivity contribution in [3.63, 3.8) is 0 Å². The number of carbonyl (C=O) groups excluding carboxylic acids is 1. The molecular formula is C18H14BrN5OS4. The number of benzene rings is 2. The van der Waals surface area contributed by atoms with Crippen LogP contribution in [0.4, 0.5) is 10.8 Å². The second-order valence-corrected chi connectivity index (χ2v) is 11.2. The van der Waals surface area contributed by atoms with Gasteiger partial charge in [-0.1, -0.05) is 62.9 Å². The number of amides is 1. The van der Waals surface area contributed by atoms with Crippen LogP contribution in [0.1, 0.15) is 5.56 Å². The number of aromatic nitrogens is 3. The van der Waals surface area contributed by atoms with Gasteiger partial charge in [0.25, 0.3) is 0 Å². The van der Waals surface area contributed by atoms with Crippen LogP contribution in [0.3, 0.4) is 0 Å². The zero-order valence-electron chi connectivity index (χ0n) is 14.8. The maximum Gasteiger partial charge on any atom is 0.236 e. The largest absolute Gasteiger partial charge is 0.399 e. The molecule has 11 heteroatoms. The standard InChI is InChI=1S/C18H14BrN5OS4/c19-11-3-1-2-10(6-11)8-26-18-24-23-16(29-18)22-15(25)9-27-17-21-13-5-4-12(20)7-14(13)28-17/h1-7H,8-9,20H2,(H,22,23,25). The number of nitrogens with zero attached hydrogens (tertiary/aromatic N) is 3. The van der Waals surface area contributed by atoms with Gasteiger partial charge in [0, 0.05) is 15.9 Å². The highest BCUT2D eigenvalue weighted by Crippen LogP contribution is 2.31. The lowest BCUT2D eigenvalue weighted by Gasteiger charge is -1.99. The van der Waals surface area contributed by atoms with Crippen molar-refractivity contribution in [1.82, 2.24) is 15.2 Å². The molecule has 0 bridgehead atoms. The van der Waals surface area contributed by atoms with Crippen molar-refractivity contribution in [2.75, 3.05) is 16.8 Å². The summed E-state index contributed by atoms with van der Waals surface area (Å²) in [6.07, 6.45) is 0. The first-order valence-corrected chi connectivity index (χ1v) is 12.7. The predicted octanol–water partition coefficient (Wildman–Crippen LogP) is 5.52. The van der Waals surface area contributed by atoms with Gasteiger partial charge in [-0.25, -0.2) is 4.98 Å². The van der Waals surface area contributed by atoms with Crippen molar-refractivity contribution in [3.05, 3.63) is 52.5 Å². The first-order valence-electron chi connectivity index (χ1n) is 8.34. The Hall–Kier alpha value is -1.66. The lowest BCUT2D eigenvalue weighted by atomic mass is 10.2. The third-order valence-electron chi connectivity index (χ3n) is 3.62. The molecule has 0 fully saturated rings. The second kappa shape index (κ2) is 9.43. The van der Waals surface area contributed by atoms with Crippen LogP contribution in [0.5, 0.6) is 0 Å². The molecule has 2 aromatic heterocycles. The number of rotatable bonds is 7. The van der Waals surface area contributed by atoms with Crippen LogP contribution < -0.4 is 11.1 Å². The van der Waals surface area contributed by atoms with Crippen LogP contribution in [0.2, 0.25) is 0 Å². The molecule has 0 aliphatic heterocycles. The Morgan fingerprint density at radius 2 is 2.00 bits per heavy atom. The number of thioether (sulfide) groups is 2. The van der Waals surface area contributed by atoms with Crippen molar-refractivity contribution in [3.8, 4) is 0 Å². The molecule has 4 rings (SSSR count). The quantitative estimate of drug-likeness (QED) is 0.187. The van der Waals surface area contributed by atoms with Gasteiger partial charge >= 0.3 is 0 Å². The average Bonchev–Trinajstić information content (AvgIpc) is 3.31. The molecule has 4 aromatic rings. The van der Waals surface area contributed by atoms with Gasteiger partial charge in [0.1, 0.15) is 0 Å². The minimum atomic E-state index is -0.131. The van der Waals surface area contributed by atoms with Crippen molar-refractivity contribution in [1.29, 1.82) is 0 Å². The summed E-state index contributed by atoms with van der Waals surface area (Å²) in [5.41, 5.74) is 8.59. The number of hydrogen-bond donors (Lipinski definition) is 2. The smallest absolute Gasteiger partial charge is 0.236 e. The van der Waals surface area contributed by atoms with E-state index < -0.39 is 0 Å². The number of hydrogen-bond acceptors (Lipinski definition) is 9. The monoisotopic (exact) mass is 523 g/mol. The zero-order chi connectivity index (χ0) is 20.2. The fraction of sp³-hybridized carbons (Fsp3) is 0.111. The summed E-state index contributed by atoms with van der Waals surface area (Å²) in [5.74, 6) is 0.920. The summed E-state index contributed by atoms with van der Waals surface area (Å²) in [6, 6.07) is 13.7. The minimum Gasteiger partial charge on any atom is -0.399 e. The number of anilines is 2. The van der Waals surface area contributed by atoms with E-state index in [1.165, 1.54) is 40.0 Å². The topological polar surface area (TPSA) is 93.8 Å². The Morgan fingerprint density at radius 1 is 1.10 bits per heavy atom. The van der Waals surface area contributed by atoms with Gasteiger partial charge in [-0.05, 0) is 35.9 Å². The van der Waals surface area contributed by atoms with Crippen LogP contribution in [0, 0.1) is 0 Å². The summed E-state index contributed by atoms with van der Waals surface area (Å²) in [5, 5.41) is 11.5. The SMILES string of the molecule is Nc1ccc2nc(SCC(=O)Nc3nnc(SCc4cccc(Br)c4)s3)sc2c1. The van der Waals surface area contributed by atoms with Gasteiger partial charge in [0.15, 0.2) is 8.68 Å². The number of nitrogens with two attached hydrogens (primary N) is 1. The van der Waals surface area contributed by atoms with Gasteiger partial charge in [-0.15, -0.1) is 21.5 Å². The van der Waals surface area contributed by atoms with E-state index >= 15 is 0 Å². The number of thiazole rings is 1. The molecule has 1 amide bonds. The van der Waals surface area contributed by atoms with Crippen LogP contribution in [0.25, 0.3) is 10.2 Å². The number of nitrogen functional groups attached to an aromatic ring is 1. The highest BCUT2D eigenvalue weighted by atomic mass is 79.9. The maximum atomic E-state index is 12.2. The number of carbonyl (C=O) groups is 1. The minimum absolute atomic E-state index is 0.131. The summed E-state index contributed by atoms with van der Waals surface area (Å²) < 4.78 is 3.72. The van der Waals surface area contributed by atoms with Crippen LogP contribution >= 0.6 is 62.1 Å². The maximum absolute atomic E-state index is 12.2. The highest BCUT2D eigenvalue weighted by Gasteiger charge is 2.11. The predicted molar refractivity (Wildman–Crippen MR) is 127 cm³/mol. The molecular weight excluding hydrogens is 510 g/mol. The van der Waals surface area contributed by atoms with Gasteiger partial charge in [-0.3, -0.25) is 10.1 Å². The lowest BCUT2D eigenvalue weighted by molar-refractivity contribution is -0.113. The zero-order valence-corrected chi connectivity index (χ0v) is 19.6. The molecule has 3 N–H and O–H groups in total. The van der Waals surface area contributed by atoms with E-state index in [1.54, 1.807) is 11.8 Å². The Morgan fingerprint density at radius 3 is 2.86 bits per heavy atom. The Kier molecular flexibility index (Phi) is 6.70. The van der Waals surface area contributed by atoms with E-state index in [0.29, 0.717) is 10.8 Å².